The summed E-state index contributed by atoms with van der Waals surface area (Å²) in [6.45, 7) is 2.50. The molecule has 0 nitrogen and oxygen atoms in total. The van der Waals surface area contributed by atoms with E-state index in [9.17, 15) is 0 Å². The molecule has 14 heavy (non-hydrogen) atoms. The van der Waals surface area contributed by atoms with Gasteiger partial charge >= 0.3 is 0 Å². The van der Waals surface area contributed by atoms with E-state index in [4.69, 9.17) is 0 Å². The van der Waals surface area contributed by atoms with Crippen molar-refractivity contribution in [3.05, 3.63) is 35.9 Å². The van der Waals surface area contributed by atoms with E-state index < -0.39 is 0 Å². The van der Waals surface area contributed by atoms with Crippen LogP contribution in [0.5, 0.6) is 0 Å². The van der Waals surface area contributed by atoms with Gasteiger partial charge < -0.3 is 0 Å². The van der Waals surface area contributed by atoms with Crippen molar-refractivity contribution < 1.29 is 0 Å². The number of rotatable bonds is 1. The van der Waals surface area contributed by atoms with Crippen molar-refractivity contribution in [3.63, 3.8) is 0 Å². The summed E-state index contributed by atoms with van der Waals surface area (Å²) in [6, 6.07) is 11.2. The summed E-state index contributed by atoms with van der Waals surface area (Å²) in [5, 5.41) is 0. The van der Waals surface area contributed by atoms with Crippen molar-refractivity contribution in [1.29, 1.82) is 0 Å². The summed E-state index contributed by atoms with van der Waals surface area (Å²) < 4.78 is 0. The molecule has 0 aliphatic heterocycles. The Kier molecular flexibility index (Phi) is 1.60. The fraction of sp³-hybridized carbons (Fsp3) is 0.571. The zero-order chi connectivity index (χ0) is 9.65. The fourth-order valence-electron chi connectivity index (χ4n) is 3.82. The van der Waals surface area contributed by atoms with Gasteiger partial charge in [-0.15, -0.1) is 0 Å². The Morgan fingerprint density at radius 3 is 2.29 bits per heavy atom. The molecule has 2 aliphatic carbocycles. The first kappa shape index (κ1) is 8.52. The van der Waals surface area contributed by atoms with Crippen LogP contribution in [-0.2, 0) is 5.41 Å². The predicted molar refractivity (Wildman–Crippen MR) is 59.3 cm³/mol. The van der Waals surface area contributed by atoms with Crippen molar-refractivity contribution in [1.82, 2.24) is 0 Å². The summed E-state index contributed by atoms with van der Waals surface area (Å²) in [5.41, 5.74) is 2.80. The summed E-state index contributed by atoms with van der Waals surface area (Å²) in [7, 11) is 0. The first-order valence-corrected chi connectivity index (χ1v) is 5.82. The lowest BCUT2D eigenvalue weighted by Crippen LogP contribution is -2.48. The molecule has 2 aliphatic rings. The van der Waals surface area contributed by atoms with Gasteiger partial charge in [0, 0.05) is 5.41 Å². The van der Waals surface area contributed by atoms with Crippen LogP contribution in [-0.4, -0.2) is 0 Å². The Labute approximate surface area is 86.3 Å². The van der Waals surface area contributed by atoms with Crippen LogP contribution in [0.3, 0.4) is 0 Å². The first-order valence-electron chi connectivity index (χ1n) is 5.82. The third-order valence-corrected chi connectivity index (χ3v) is 4.92. The zero-order valence-corrected chi connectivity index (χ0v) is 8.92. The molecule has 2 atom stereocenters. The van der Waals surface area contributed by atoms with E-state index in [1.807, 2.05) is 0 Å². The molecule has 0 radical (unpaired) electrons. The Hall–Kier alpha value is -0.780. The van der Waals surface area contributed by atoms with Gasteiger partial charge in [-0.3, -0.25) is 0 Å². The molecule has 0 N–H and O–H groups in total. The van der Waals surface area contributed by atoms with Crippen LogP contribution in [0, 0.1) is 5.41 Å². The van der Waals surface area contributed by atoms with Crippen molar-refractivity contribution in [2.24, 2.45) is 5.41 Å². The van der Waals surface area contributed by atoms with Crippen LogP contribution in [0.15, 0.2) is 30.3 Å². The normalized spacial score (nSPS) is 40.4. The van der Waals surface area contributed by atoms with Gasteiger partial charge in [0.1, 0.15) is 0 Å². The quantitative estimate of drug-likeness (QED) is 0.624. The van der Waals surface area contributed by atoms with Gasteiger partial charge in [-0.25, -0.2) is 0 Å². The Morgan fingerprint density at radius 2 is 1.71 bits per heavy atom. The molecule has 0 saturated heterocycles. The van der Waals surface area contributed by atoms with Gasteiger partial charge in [0.2, 0.25) is 0 Å². The van der Waals surface area contributed by atoms with E-state index in [0.717, 1.165) is 0 Å². The van der Waals surface area contributed by atoms with E-state index in [2.05, 4.69) is 37.3 Å². The smallest absolute Gasteiger partial charge is 0.000696 e. The predicted octanol–water partition coefficient (Wildman–Crippen LogP) is 3.91. The van der Waals surface area contributed by atoms with Crippen LogP contribution in [0.25, 0.3) is 0 Å². The third-order valence-electron chi connectivity index (χ3n) is 4.92. The molecule has 74 valence electrons. The molecule has 0 heterocycles. The highest BCUT2D eigenvalue weighted by atomic mass is 14.6. The van der Waals surface area contributed by atoms with Gasteiger partial charge in [0.05, 0.1) is 0 Å². The second-order valence-electron chi connectivity index (χ2n) is 5.36. The molecular formula is C14H18. The molecule has 0 bridgehead atoms. The van der Waals surface area contributed by atoms with E-state index in [1.54, 1.807) is 5.56 Å². The topological polar surface area (TPSA) is 0 Å². The average molecular weight is 186 g/mol. The molecule has 2 saturated carbocycles. The maximum atomic E-state index is 2.50. The molecule has 3 rings (SSSR count). The number of benzene rings is 1. The van der Waals surface area contributed by atoms with Gasteiger partial charge in [-0.2, -0.15) is 0 Å². The molecule has 1 aromatic rings. The van der Waals surface area contributed by atoms with Gasteiger partial charge in [-0.05, 0) is 36.7 Å². The SMILES string of the molecule is CC12CCCC1(c1ccccc1)CC2. The third kappa shape index (κ3) is 0.846. The highest BCUT2D eigenvalue weighted by molar-refractivity contribution is 5.34. The average Bonchev–Trinajstić information content (AvgIpc) is 2.44. The summed E-state index contributed by atoms with van der Waals surface area (Å²) in [4.78, 5) is 0. The first-order chi connectivity index (χ1) is 6.77. The summed E-state index contributed by atoms with van der Waals surface area (Å²) in [5.74, 6) is 0. The van der Waals surface area contributed by atoms with Crippen molar-refractivity contribution in [2.45, 2.75) is 44.4 Å². The zero-order valence-electron chi connectivity index (χ0n) is 8.92. The standard InChI is InChI=1S/C14H18/c1-13-8-5-9-14(13,11-10-13)12-6-3-2-4-7-12/h2-4,6-7H,5,8-11H2,1H3. The monoisotopic (exact) mass is 186 g/mol. The van der Waals surface area contributed by atoms with Crippen LogP contribution >= 0.6 is 0 Å². The minimum Gasteiger partial charge on any atom is -0.0622 e. The van der Waals surface area contributed by atoms with Crippen molar-refractivity contribution >= 4 is 0 Å². The van der Waals surface area contributed by atoms with Crippen LogP contribution in [0.1, 0.15) is 44.6 Å². The fourth-order valence-corrected chi connectivity index (χ4v) is 3.82. The summed E-state index contributed by atoms with van der Waals surface area (Å²) in [6.07, 6.45) is 7.18. The maximum absolute atomic E-state index is 2.50. The van der Waals surface area contributed by atoms with Crippen LogP contribution in [0.4, 0.5) is 0 Å². The molecule has 0 amide bonds. The van der Waals surface area contributed by atoms with Gasteiger partial charge in [0.25, 0.3) is 0 Å². The van der Waals surface area contributed by atoms with Gasteiger partial charge in [0.15, 0.2) is 0 Å². The molecule has 2 fully saturated rings. The van der Waals surface area contributed by atoms with E-state index in [0.29, 0.717) is 10.8 Å². The van der Waals surface area contributed by atoms with Crippen LogP contribution in [0.2, 0.25) is 0 Å². The van der Waals surface area contributed by atoms with E-state index in [1.165, 1.54) is 32.1 Å². The minimum absolute atomic E-state index is 0.564. The highest BCUT2D eigenvalue weighted by Gasteiger charge is 2.58. The second-order valence-corrected chi connectivity index (χ2v) is 5.36. The molecule has 2 unspecified atom stereocenters. The maximum Gasteiger partial charge on any atom is 0.000696 e. The lowest BCUT2D eigenvalue weighted by Gasteiger charge is -2.54. The van der Waals surface area contributed by atoms with Crippen molar-refractivity contribution in [2.75, 3.05) is 0 Å². The molecule has 1 aromatic carbocycles. The molecule has 0 heteroatoms. The minimum atomic E-state index is 0.564. The Morgan fingerprint density at radius 1 is 0.929 bits per heavy atom. The van der Waals surface area contributed by atoms with Gasteiger partial charge in [-0.1, -0.05) is 43.7 Å². The number of fused-ring (bicyclic) bond motifs is 1. The van der Waals surface area contributed by atoms with E-state index in [-0.39, 0.29) is 0 Å². The Bertz CT molecular complexity index is 340. The summed E-state index contributed by atoms with van der Waals surface area (Å²) >= 11 is 0. The lowest BCUT2D eigenvalue weighted by molar-refractivity contribution is 0.0425. The largest absolute Gasteiger partial charge is 0.0622 e. The van der Waals surface area contributed by atoms with E-state index >= 15 is 0 Å². The highest BCUT2D eigenvalue weighted by Crippen LogP contribution is 2.66. The molecular weight excluding hydrogens is 168 g/mol. The van der Waals surface area contributed by atoms with Crippen molar-refractivity contribution in [3.8, 4) is 0 Å². The molecule has 0 spiro atoms. The Balaban J connectivity index is 2.06. The lowest BCUT2D eigenvalue weighted by atomic mass is 9.49. The number of hydrogen-bond donors (Lipinski definition) is 0. The number of hydrogen-bond acceptors (Lipinski definition) is 0. The molecule has 0 aromatic heterocycles. The second kappa shape index (κ2) is 2.62. The van der Waals surface area contributed by atoms with Crippen LogP contribution < -0.4 is 0 Å².